The molecule has 0 amide bonds. The van der Waals surface area contributed by atoms with Crippen LogP contribution in [0.1, 0.15) is 29.3 Å². The normalized spacial score (nSPS) is 12.2. The number of rotatable bonds is 6. The van der Waals surface area contributed by atoms with Crippen molar-refractivity contribution in [2.45, 2.75) is 20.3 Å². The summed E-state index contributed by atoms with van der Waals surface area (Å²) in [7, 11) is 3.27. The van der Waals surface area contributed by atoms with Crippen LogP contribution in [0.5, 0.6) is 5.75 Å². The molecule has 1 aromatic carbocycles. The van der Waals surface area contributed by atoms with Crippen LogP contribution in [0.25, 0.3) is 0 Å². The van der Waals surface area contributed by atoms with Gasteiger partial charge >= 0.3 is 0 Å². The summed E-state index contributed by atoms with van der Waals surface area (Å²) < 4.78 is 10.2. The quantitative estimate of drug-likeness (QED) is 0.712. The Hall–Kier alpha value is -1.35. The van der Waals surface area contributed by atoms with Crippen molar-refractivity contribution in [3.63, 3.8) is 0 Å². The summed E-state index contributed by atoms with van der Waals surface area (Å²) in [5.41, 5.74) is 1.73. The van der Waals surface area contributed by atoms with Gasteiger partial charge in [0.05, 0.1) is 7.11 Å². The Bertz CT molecular complexity index is 385. The van der Waals surface area contributed by atoms with Crippen molar-refractivity contribution in [2.24, 2.45) is 5.92 Å². The summed E-state index contributed by atoms with van der Waals surface area (Å²) >= 11 is 0. The van der Waals surface area contributed by atoms with Crippen molar-refractivity contribution in [1.82, 2.24) is 0 Å². The van der Waals surface area contributed by atoms with Crippen LogP contribution in [-0.2, 0) is 4.74 Å². The minimum atomic E-state index is 0.162. The summed E-state index contributed by atoms with van der Waals surface area (Å²) in [6.07, 6.45) is 0.515. The third-order valence-corrected chi connectivity index (χ3v) is 2.72. The number of ketones is 1. The fraction of sp³-hybridized carbons (Fsp3) is 0.500. The van der Waals surface area contributed by atoms with Gasteiger partial charge in [-0.25, -0.2) is 0 Å². The summed E-state index contributed by atoms with van der Waals surface area (Å²) in [5, 5.41) is 0. The number of hydrogen-bond acceptors (Lipinski definition) is 3. The molecule has 0 saturated carbocycles. The van der Waals surface area contributed by atoms with E-state index in [-0.39, 0.29) is 11.7 Å². The highest BCUT2D eigenvalue weighted by Gasteiger charge is 2.13. The Morgan fingerprint density at radius 1 is 1.35 bits per heavy atom. The maximum Gasteiger partial charge on any atom is 0.163 e. The molecule has 0 saturated heterocycles. The third kappa shape index (κ3) is 3.86. The van der Waals surface area contributed by atoms with Crippen molar-refractivity contribution in [2.75, 3.05) is 20.8 Å². The van der Waals surface area contributed by atoms with Crippen molar-refractivity contribution < 1.29 is 14.3 Å². The molecule has 0 fully saturated rings. The van der Waals surface area contributed by atoms with Gasteiger partial charge in [0.1, 0.15) is 5.75 Å². The highest BCUT2D eigenvalue weighted by atomic mass is 16.5. The van der Waals surface area contributed by atoms with Crippen LogP contribution in [0, 0.1) is 12.8 Å². The lowest BCUT2D eigenvalue weighted by atomic mass is 9.97. The smallest absolute Gasteiger partial charge is 0.163 e. The summed E-state index contributed by atoms with van der Waals surface area (Å²) in [6, 6.07) is 5.53. The number of carbonyl (C=O) groups is 1. The molecule has 0 aromatic heterocycles. The molecule has 17 heavy (non-hydrogen) atoms. The second kappa shape index (κ2) is 6.40. The van der Waals surface area contributed by atoms with Gasteiger partial charge in [-0.3, -0.25) is 4.79 Å². The van der Waals surface area contributed by atoms with Crippen LogP contribution in [0.4, 0.5) is 0 Å². The van der Waals surface area contributed by atoms with Crippen LogP contribution in [0.3, 0.4) is 0 Å². The first-order valence-electron chi connectivity index (χ1n) is 5.75. The van der Waals surface area contributed by atoms with Gasteiger partial charge in [0.25, 0.3) is 0 Å². The fourth-order valence-corrected chi connectivity index (χ4v) is 1.85. The Morgan fingerprint density at radius 3 is 2.59 bits per heavy atom. The van der Waals surface area contributed by atoms with Gasteiger partial charge < -0.3 is 9.47 Å². The van der Waals surface area contributed by atoms with Crippen LogP contribution in [0.15, 0.2) is 18.2 Å². The zero-order valence-corrected chi connectivity index (χ0v) is 10.9. The Kier molecular flexibility index (Phi) is 5.16. The summed E-state index contributed by atoms with van der Waals surface area (Å²) in [5.74, 6) is 1.19. The van der Waals surface area contributed by atoms with Gasteiger partial charge in [-0.1, -0.05) is 6.92 Å². The predicted molar refractivity (Wildman–Crippen MR) is 67.7 cm³/mol. The largest absolute Gasteiger partial charge is 0.497 e. The Morgan fingerprint density at radius 2 is 2.06 bits per heavy atom. The maximum absolute atomic E-state index is 12.1. The molecule has 1 rings (SSSR count). The maximum atomic E-state index is 12.1. The lowest BCUT2D eigenvalue weighted by molar-refractivity contribution is 0.0919. The third-order valence-electron chi connectivity index (χ3n) is 2.72. The van der Waals surface area contributed by atoms with E-state index in [0.29, 0.717) is 13.0 Å². The molecule has 1 aromatic rings. The number of Topliss-reactive ketones (excluding diaryl/α,β-unsaturated/α-hetero) is 1. The van der Waals surface area contributed by atoms with Gasteiger partial charge in [0.2, 0.25) is 0 Å². The molecule has 94 valence electrons. The van der Waals surface area contributed by atoms with E-state index in [9.17, 15) is 4.79 Å². The van der Waals surface area contributed by atoms with Gasteiger partial charge in [-0.05, 0) is 36.6 Å². The molecule has 0 heterocycles. The first-order chi connectivity index (χ1) is 8.08. The number of benzene rings is 1. The summed E-state index contributed by atoms with van der Waals surface area (Å²) in [4.78, 5) is 12.1. The average molecular weight is 236 g/mol. The minimum absolute atomic E-state index is 0.162. The molecule has 0 aliphatic rings. The van der Waals surface area contributed by atoms with E-state index in [1.165, 1.54) is 0 Å². The first-order valence-corrected chi connectivity index (χ1v) is 5.75. The molecule has 1 atom stereocenters. The van der Waals surface area contributed by atoms with Gasteiger partial charge in [-0.2, -0.15) is 0 Å². The SMILES string of the molecule is COCC(C)CC(=O)c1ccc(OC)cc1C. The van der Waals surface area contributed by atoms with Gasteiger partial charge in [0.15, 0.2) is 5.78 Å². The lowest BCUT2D eigenvalue weighted by Gasteiger charge is -2.11. The van der Waals surface area contributed by atoms with E-state index in [1.807, 2.05) is 32.0 Å². The fourth-order valence-electron chi connectivity index (χ4n) is 1.85. The molecule has 0 bridgehead atoms. The van der Waals surface area contributed by atoms with Gasteiger partial charge in [-0.15, -0.1) is 0 Å². The molecule has 0 N–H and O–H groups in total. The highest BCUT2D eigenvalue weighted by molar-refractivity contribution is 5.97. The monoisotopic (exact) mass is 236 g/mol. The molecule has 1 unspecified atom stereocenters. The number of methoxy groups -OCH3 is 2. The zero-order chi connectivity index (χ0) is 12.8. The molecule has 0 aliphatic carbocycles. The van der Waals surface area contributed by atoms with E-state index < -0.39 is 0 Å². The zero-order valence-electron chi connectivity index (χ0n) is 10.9. The Labute approximate surface area is 103 Å². The molecule has 3 heteroatoms. The molecular formula is C14H20O3. The van der Waals surface area contributed by atoms with Crippen molar-refractivity contribution in [1.29, 1.82) is 0 Å². The number of ether oxygens (including phenoxy) is 2. The van der Waals surface area contributed by atoms with Crippen LogP contribution in [0.2, 0.25) is 0 Å². The van der Waals surface area contributed by atoms with Crippen molar-refractivity contribution >= 4 is 5.78 Å². The average Bonchev–Trinajstić information content (AvgIpc) is 2.28. The first kappa shape index (κ1) is 13.7. The second-order valence-electron chi connectivity index (χ2n) is 4.37. The van der Waals surface area contributed by atoms with Crippen LogP contribution < -0.4 is 4.74 Å². The molecule has 0 radical (unpaired) electrons. The second-order valence-corrected chi connectivity index (χ2v) is 4.37. The predicted octanol–water partition coefficient (Wildman–Crippen LogP) is 2.86. The summed E-state index contributed by atoms with van der Waals surface area (Å²) in [6.45, 7) is 4.55. The standard InChI is InChI=1S/C14H20O3/c1-10(9-16-3)7-14(15)13-6-5-12(17-4)8-11(13)2/h5-6,8,10H,7,9H2,1-4H3. The van der Waals surface area contributed by atoms with Crippen LogP contribution >= 0.6 is 0 Å². The number of aryl methyl sites for hydroxylation is 1. The van der Waals surface area contributed by atoms with E-state index in [1.54, 1.807) is 14.2 Å². The highest BCUT2D eigenvalue weighted by Crippen LogP contribution is 2.19. The molecule has 0 spiro atoms. The molecule has 0 aliphatic heterocycles. The Balaban J connectivity index is 2.75. The van der Waals surface area contributed by atoms with E-state index in [4.69, 9.17) is 9.47 Å². The number of hydrogen-bond donors (Lipinski definition) is 0. The van der Waals surface area contributed by atoms with Crippen molar-refractivity contribution in [3.8, 4) is 5.75 Å². The van der Waals surface area contributed by atoms with E-state index in [0.717, 1.165) is 16.9 Å². The van der Waals surface area contributed by atoms with E-state index in [2.05, 4.69) is 0 Å². The topological polar surface area (TPSA) is 35.5 Å². The van der Waals surface area contributed by atoms with Crippen LogP contribution in [-0.4, -0.2) is 26.6 Å². The van der Waals surface area contributed by atoms with E-state index >= 15 is 0 Å². The van der Waals surface area contributed by atoms with Crippen molar-refractivity contribution in [3.05, 3.63) is 29.3 Å². The number of carbonyl (C=O) groups excluding carboxylic acids is 1. The minimum Gasteiger partial charge on any atom is -0.497 e. The molecular weight excluding hydrogens is 216 g/mol. The van der Waals surface area contributed by atoms with Gasteiger partial charge in [0, 0.05) is 25.7 Å². The lowest BCUT2D eigenvalue weighted by Crippen LogP contribution is -2.11. The molecule has 3 nitrogen and oxygen atoms in total.